The van der Waals surface area contributed by atoms with Gasteiger partial charge in [0.05, 0.1) is 5.33 Å². The van der Waals surface area contributed by atoms with Crippen molar-refractivity contribution in [3.05, 3.63) is 10.9 Å². The number of carbonyl (C=O) groups is 1. The summed E-state index contributed by atoms with van der Waals surface area (Å²) in [5.74, 6) is -0.0370. The van der Waals surface area contributed by atoms with E-state index < -0.39 is 0 Å². The number of halogens is 1. The van der Waals surface area contributed by atoms with Crippen LogP contribution >= 0.6 is 25.2 Å². The fourth-order valence-electron chi connectivity index (χ4n) is 0.792. The molecule has 0 saturated heterocycles. The Bertz CT molecular complexity index is 218. The summed E-state index contributed by atoms with van der Waals surface area (Å²) < 4.78 is 0. The van der Waals surface area contributed by atoms with Gasteiger partial charge in [-0.25, -0.2) is 0 Å². The van der Waals surface area contributed by atoms with Gasteiger partial charge in [0, 0.05) is 11.3 Å². The lowest BCUT2D eigenvalue weighted by atomic mass is 10.1. The van der Waals surface area contributed by atoms with E-state index in [1.165, 1.54) is 0 Å². The summed E-state index contributed by atoms with van der Waals surface area (Å²) in [4.78, 5) is 11.1. The third kappa shape index (κ3) is 3.26. The number of Topliss-reactive ketones (excluding diaryl/α,β-unsaturated/α-hetero) is 1. The highest BCUT2D eigenvalue weighted by molar-refractivity contribution is 9.09. The molecule has 1 unspecified atom stereocenters. The molecular weight excluding hydrogens is 225 g/mol. The number of hydrogen-bond donors (Lipinski definition) is 1. The maximum absolute atomic E-state index is 11.1. The lowest BCUT2D eigenvalue weighted by molar-refractivity contribution is -0.112. The van der Waals surface area contributed by atoms with Crippen LogP contribution in [0.2, 0.25) is 0 Å². The number of carbonyl (C=O) groups excluding carboxylic acids is 1. The maximum Gasteiger partial charge on any atom is 0.175 e. The molecule has 0 aliphatic heterocycles. The Hall–Kier alpha value is -0.0100. The molecule has 11 heavy (non-hydrogen) atoms. The van der Waals surface area contributed by atoms with Gasteiger partial charge in [-0.15, -0.1) is 9.24 Å². The molecule has 0 bridgehead atoms. The summed E-state index contributed by atoms with van der Waals surface area (Å²) in [6, 6.07) is 0. The largest absolute Gasteiger partial charge is 0.305 e. The van der Waals surface area contributed by atoms with E-state index in [1.807, 2.05) is 0 Å². The Labute approximate surface area is 77.3 Å². The van der Waals surface area contributed by atoms with Gasteiger partial charge < -0.3 is 5.41 Å². The van der Waals surface area contributed by atoms with Crippen LogP contribution in [0.25, 0.3) is 0 Å². The lowest BCUT2D eigenvalue weighted by Crippen LogP contribution is -2.11. The molecule has 0 rings (SSSR count). The Kier molecular flexibility index (Phi) is 4.78. The topological polar surface area (TPSA) is 40.9 Å². The first-order valence-electron chi connectivity index (χ1n) is 3.11. The third-order valence-corrected chi connectivity index (χ3v) is 1.97. The van der Waals surface area contributed by atoms with Crippen LogP contribution in [-0.4, -0.2) is 16.8 Å². The van der Waals surface area contributed by atoms with Gasteiger partial charge >= 0.3 is 0 Å². The minimum atomic E-state index is -0.0370. The van der Waals surface area contributed by atoms with Gasteiger partial charge in [0.1, 0.15) is 0 Å². The number of rotatable bonds is 3. The Morgan fingerprint density at radius 2 is 2.00 bits per heavy atom. The summed E-state index contributed by atoms with van der Waals surface area (Å²) in [5.41, 5.74) is 0.828. The molecule has 0 saturated carbocycles. The minimum absolute atomic E-state index is 0.0370. The first kappa shape index (κ1) is 11.0. The molecule has 0 spiro atoms. The fraction of sp³-hybridized carbons (Fsp3) is 0.429. The zero-order chi connectivity index (χ0) is 9.02. The van der Waals surface area contributed by atoms with Gasteiger partial charge in [-0.2, -0.15) is 0 Å². The molecular formula is C7H11BrNOP. The van der Waals surface area contributed by atoms with Crippen molar-refractivity contribution < 1.29 is 4.79 Å². The molecule has 0 aliphatic carbocycles. The molecule has 0 aromatic rings. The quantitative estimate of drug-likeness (QED) is 0.347. The number of hydrogen-bond acceptors (Lipinski definition) is 2. The van der Waals surface area contributed by atoms with Gasteiger partial charge in [-0.05, 0) is 19.2 Å². The maximum atomic E-state index is 11.1. The first-order valence-corrected chi connectivity index (χ1v) is 4.81. The summed E-state index contributed by atoms with van der Waals surface area (Å²) in [7, 11) is 2.44. The van der Waals surface area contributed by atoms with Crippen LogP contribution in [0.3, 0.4) is 0 Å². The molecule has 62 valence electrons. The van der Waals surface area contributed by atoms with Crippen molar-refractivity contribution in [3.8, 4) is 0 Å². The van der Waals surface area contributed by atoms with Crippen molar-refractivity contribution in [2.24, 2.45) is 0 Å². The summed E-state index contributed by atoms with van der Waals surface area (Å²) >= 11 is 3.06. The molecule has 0 aromatic heterocycles. The average molecular weight is 236 g/mol. The van der Waals surface area contributed by atoms with Crippen LogP contribution in [0.4, 0.5) is 0 Å². The lowest BCUT2D eigenvalue weighted by Gasteiger charge is -2.03. The van der Waals surface area contributed by atoms with Crippen molar-refractivity contribution in [2.75, 3.05) is 5.33 Å². The highest BCUT2D eigenvalue weighted by Crippen LogP contribution is 2.14. The van der Waals surface area contributed by atoms with Gasteiger partial charge in [0.25, 0.3) is 0 Å². The molecule has 1 atom stereocenters. The molecule has 0 radical (unpaired) electrons. The third-order valence-electron chi connectivity index (χ3n) is 1.17. The fourth-order valence-corrected chi connectivity index (χ4v) is 1.45. The van der Waals surface area contributed by atoms with Crippen molar-refractivity contribution in [3.63, 3.8) is 0 Å². The molecule has 0 heterocycles. The molecule has 0 amide bonds. The second-order valence-corrected chi connectivity index (χ2v) is 3.67. The SMILES string of the molecule is CC(=N)C(C(=O)CBr)=C(C)P. The van der Waals surface area contributed by atoms with E-state index in [-0.39, 0.29) is 11.1 Å². The van der Waals surface area contributed by atoms with E-state index in [4.69, 9.17) is 5.41 Å². The molecule has 1 N–H and O–H groups in total. The van der Waals surface area contributed by atoms with Crippen LogP contribution in [0, 0.1) is 5.41 Å². The second kappa shape index (κ2) is 4.78. The van der Waals surface area contributed by atoms with Crippen LogP contribution in [-0.2, 0) is 4.79 Å². The van der Waals surface area contributed by atoms with Gasteiger partial charge in [0.15, 0.2) is 5.78 Å². The monoisotopic (exact) mass is 235 g/mol. The second-order valence-electron chi connectivity index (χ2n) is 2.24. The Morgan fingerprint density at radius 1 is 1.55 bits per heavy atom. The molecule has 0 fully saturated rings. The molecule has 4 heteroatoms. The summed E-state index contributed by atoms with van der Waals surface area (Å²) in [6.45, 7) is 3.42. The Morgan fingerprint density at radius 3 is 2.09 bits per heavy atom. The zero-order valence-corrected chi connectivity index (χ0v) is 9.31. The predicted octanol–water partition coefficient (Wildman–Crippen LogP) is 2.14. The van der Waals surface area contributed by atoms with Crippen LogP contribution < -0.4 is 0 Å². The van der Waals surface area contributed by atoms with Crippen molar-refractivity contribution in [1.82, 2.24) is 0 Å². The van der Waals surface area contributed by atoms with Crippen LogP contribution in [0.1, 0.15) is 13.8 Å². The number of ketones is 1. The van der Waals surface area contributed by atoms with Crippen molar-refractivity contribution in [2.45, 2.75) is 13.8 Å². The van der Waals surface area contributed by atoms with E-state index >= 15 is 0 Å². The molecule has 0 aliphatic rings. The van der Waals surface area contributed by atoms with E-state index in [2.05, 4.69) is 25.2 Å². The van der Waals surface area contributed by atoms with Gasteiger partial charge in [-0.3, -0.25) is 4.79 Å². The van der Waals surface area contributed by atoms with E-state index in [0.717, 1.165) is 5.31 Å². The van der Waals surface area contributed by atoms with Crippen molar-refractivity contribution >= 4 is 36.7 Å². The number of nitrogens with one attached hydrogen (secondary N) is 1. The highest BCUT2D eigenvalue weighted by Gasteiger charge is 2.11. The van der Waals surface area contributed by atoms with E-state index in [9.17, 15) is 4.79 Å². The van der Waals surface area contributed by atoms with Gasteiger partial charge in [-0.1, -0.05) is 15.9 Å². The van der Waals surface area contributed by atoms with Gasteiger partial charge in [0.2, 0.25) is 0 Å². The minimum Gasteiger partial charge on any atom is -0.305 e. The van der Waals surface area contributed by atoms with Crippen LogP contribution in [0.5, 0.6) is 0 Å². The first-order chi connectivity index (χ1) is 5.00. The number of alkyl halides is 1. The normalized spacial score (nSPS) is 12.4. The smallest absolute Gasteiger partial charge is 0.175 e. The highest BCUT2D eigenvalue weighted by atomic mass is 79.9. The van der Waals surface area contributed by atoms with Crippen molar-refractivity contribution in [1.29, 1.82) is 5.41 Å². The predicted molar refractivity (Wildman–Crippen MR) is 54.6 cm³/mol. The zero-order valence-electron chi connectivity index (χ0n) is 6.57. The molecule has 2 nitrogen and oxygen atoms in total. The van der Waals surface area contributed by atoms with E-state index in [1.54, 1.807) is 13.8 Å². The number of allylic oxidation sites excluding steroid dienone is 2. The molecule has 0 aromatic carbocycles. The summed E-state index contributed by atoms with van der Waals surface area (Å²) in [6.07, 6.45) is 0. The average Bonchev–Trinajstić information content (AvgIpc) is 1.85. The summed E-state index contributed by atoms with van der Waals surface area (Å²) in [5, 5.41) is 8.41. The standard InChI is InChI=1S/C7H11BrNOP/c1-4(9)7(5(2)11)6(10)3-8/h9H,3,11H2,1-2H3. The Balaban J connectivity index is 4.79. The van der Waals surface area contributed by atoms with Crippen LogP contribution in [0.15, 0.2) is 10.9 Å². The van der Waals surface area contributed by atoms with E-state index in [0.29, 0.717) is 11.3 Å².